The molecule has 0 aliphatic carbocycles. The van der Waals surface area contributed by atoms with Gasteiger partial charge in [0.05, 0.1) is 11.4 Å². The summed E-state index contributed by atoms with van der Waals surface area (Å²) in [4.78, 5) is 12.4. The summed E-state index contributed by atoms with van der Waals surface area (Å²) in [5.74, 6) is -0.240. The van der Waals surface area contributed by atoms with E-state index in [0.29, 0.717) is 17.1 Å². The van der Waals surface area contributed by atoms with Crippen LogP contribution in [-0.4, -0.2) is 15.7 Å². The molecule has 2 aromatic carbocycles. The fraction of sp³-hybridized carbons (Fsp3) is 0.158. The molecule has 0 bridgehead atoms. The van der Waals surface area contributed by atoms with E-state index in [1.807, 2.05) is 56.3 Å². The molecule has 0 spiro atoms. The van der Waals surface area contributed by atoms with Gasteiger partial charge in [-0.3, -0.25) is 9.48 Å². The maximum absolute atomic E-state index is 12.4. The number of nitrogens with zero attached hydrogens (tertiary/aromatic N) is 4. The number of aromatic nitrogens is 2. The van der Waals surface area contributed by atoms with Gasteiger partial charge in [0, 0.05) is 13.2 Å². The van der Waals surface area contributed by atoms with Crippen LogP contribution in [0.15, 0.2) is 65.0 Å². The van der Waals surface area contributed by atoms with Gasteiger partial charge in [-0.15, -0.1) is 5.11 Å². The number of hydrogen-bond donors (Lipinski definition) is 1. The number of carbonyl (C=O) groups is 1. The molecule has 0 aliphatic heterocycles. The molecule has 126 valence electrons. The molecular formula is C19H19N5O. The van der Waals surface area contributed by atoms with E-state index in [4.69, 9.17) is 0 Å². The molecule has 0 aliphatic rings. The number of nitrogens with one attached hydrogen (secondary N) is 1. The number of amides is 1. The summed E-state index contributed by atoms with van der Waals surface area (Å²) in [5, 5.41) is 15.5. The highest BCUT2D eigenvalue weighted by atomic mass is 16.2. The Balaban J connectivity index is 1.86. The summed E-state index contributed by atoms with van der Waals surface area (Å²) in [5.41, 5.74) is 4.65. The van der Waals surface area contributed by atoms with Crippen molar-refractivity contribution in [2.75, 3.05) is 5.32 Å². The van der Waals surface area contributed by atoms with Crippen LogP contribution in [0.4, 0.5) is 17.1 Å². The fourth-order valence-corrected chi connectivity index (χ4v) is 2.34. The van der Waals surface area contributed by atoms with Crippen LogP contribution < -0.4 is 5.32 Å². The molecule has 0 unspecified atom stereocenters. The van der Waals surface area contributed by atoms with Gasteiger partial charge >= 0.3 is 0 Å². The number of anilines is 1. The maximum Gasteiger partial charge on any atom is 0.273 e. The highest BCUT2D eigenvalue weighted by Gasteiger charge is 2.12. The van der Waals surface area contributed by atoms with Crippen molar-refractivity contribution in [3.8, 4) is 0 Å². The average molecular weight is 333 g/mol. The zero-order chi connectivity index (χ0) is 17.8. The van der Waals surface area contributed by atoms with Crippen molar-refractivity contribution >= 4 is 23.0 Å². The minimum absolute atomic E-state index is 0.240. The molecule has 25 heavy (non-hydrogen) atoms. The molecule has 1 aromatic heterocycles. The standard InChI is InChI=1S/C19H19N5O/c1-13-4-7-15(8-5-13)22-23-17-12-14(2)6-9-16(17)21-19(25)18-10-11-20-24(18)3/h4-12H,1-3H3,(H,21,25). The first kappa shape index (κ1) is 16.6. The Hall–Kier alpha value is -3.28. The molecule has 0 atom stereocenters. The Morgan fingerprint density at radius 3 is 2.40 bits per heavy atom. The smallest absolute Gasteiger partial charge is 0.273 e. The van der Waals surface area contributed by atoms with Crippen LogP contribution in [0.3, 0.4) is 0 Å². The van der Waals surface area contributed by atoms with Crippen molar-refractivity contribution in [1.29, 1.82) is 0 Å². The van der Waals surface area contributed by atoms with Crippen molar-refractivity contribution in [2.24, 2.45) is 17.3 Å². The van der Waals surface area contributed by atoms with Crippen molar-refractivity contribution in [2.45, 2.75) is 13.8 Å². The quantitative estimate of drug-likeness (QED) is 0.703. The minimum atomic E-state index is -0.240. The van der Waals surface area contributed by atoms with Crippen LogP contribution in [0.25, 0.3) is 0 Å². The monoisotopic (exact) mass is 333 g/mol. The van der Waals surface area contributed by atoms with Gasteiger partial charge in [-0.05, 0) is 49.7 Å². The first-order valence-corrected chi connectivity index (χ1v) is 7.91. The second-order valence-corrected chi connectivity index (χ2v) is 5.85. The molecular weight excluding hydrogens is 314 g/mol. The third-order valence-corrected chi connectivity index (χ3v) is 3.76. The number of azo groups is 1. The van der Waals surface area contributed by atoms with Gasteiger partial charge in [0.25, 0.3) is 5.91 Å². The van der Waals surface area contributed by atoms with E-state index in [1.165, 1.54) is 10.2 Å². The van der Waals surface area contributed by atoms with Crippen molar-refractivity contribution < 1.29 is 4.79 Å². The molecule has 1 heterocycles. The second kappa shape index (κ2) is 7.09. The van der Waals surface area contributed by atoms with E-state index >= 15 is 0 Å². The van der Waals surface area contributed by atoms with Gasteiger partial charge in [-0.25, -0.2) is 0 Å². The lowest BCUT2D eigenvalue weighted by Gasteiger charge is -2.08. The molecule has 6 nitrogen and oxygen atoms in total. The number of hydrogen-bond acceptors (Lipinski definition) is 4. The van der Waals surface area contributed by atoms with Crippen LogP contribution in [-0.2, 0) is 7.05 Å². The minimum Gasteiger partial charge on any atom is -0.319 e. The Labute approximate surface area is 146 Å². The number of carbonyl (C=O) groups excluding carboxylic acids is 1. The lowest BCUT2D eigenvalue weighted by Crippen LogP contribution is -2.16. The molecule has 3 aromatic rings. The average Bonchev–Trinajstić information content (AvgIpc) is 3.02. The number of aryl methyl sites for hydroxylation is 3. The number of benzene rings is 2. The second-order valence-electron chi connectivity index (χ2n) is 5.85. The summed E-state index contributed by atoms with van der Waals surface area (Å²) in [6.07, 6.45) is 1.59. The van der Waals surface area contributed by atoms with E-state index < -0.39 is 0 Å². The van der Waals surface area contributed by atoms with Gasteiger partial charge in [0.2, 0.25) is 0 Å². The summed E-state index contributed by atoms with van der Waals surface area (Å²) in [6.45, 7) is 3.99. The first-order valence-electron chi connectivity index (χ1n) is 7.91. The summed E-state index contributed by atoms with van der Waals surface area (Å²) >= 11 is 0. The molecule has 1 amide bonds. The molecule has 6 heteroatoms. The van der Waals surface area contributed by atoms with Gasteiger partial charge in [0.15, 0.2) is 0 Å². The Kier molecular flexibility index (Phi) is 4.70. The Morgan fingerprint density at radius 2 is 1.72 bits per heavy atom. The predicted molar refractivity (Wildman–Crippen MR) is 97.7 cm³/mol. The third kappa shape index (κ3) is 3.98. The van der Waals surface area contributed by atoms with E-state index in [2.05, 4.69) is 20.6 Å². The molecule has 0 saturated carbocycles. The Morgan fingerprint density at radius 1 is 1.00 bits per heavy atom. The lowest BCUT2D eigenvalue weighted by molar-refractivity contribution is 0.101. The Bertz CT molecular complexity index is 925. The zero-order valence-electron chi connectivity index (χ0n) is 14.4. The highest BCUT2D eigenvalue weighted by Crippen LogP contribution is 2.28. The number of rotatable bonds is 4. The molecule has 3 rings (SSSR count). The third-order valence-electron chi connectivity index (χ3n) is 3.76. The topological polar surface area (TPSA) is 71.6 Å². The van der Waals surface area contributed by atoms with Gasteiger partial charge in [0.1, 0.15) is 11.4 Å². The van der Waals surface area contributed by atoms with Crippen LogP contribution in [0, 0.1) is 13.8 Å². The van der Waals surface area contributed by atoms with Gasteiger partial charge in [-0.2, -0.15) is 10.2 Å². The molecule has 0 radical (unpaired) electrons. The van der Waals surface area contributed by atoms with Crippen molar-refractivity contribution in [3.63, 3.8) is 0 Å². The lowest BCUT2D eigenvalue weighted by atomic mass is 10.2. The van der Waals surface area contributed by atoms with Crippen molar-refractivity contribution in [1.82, 2.24) is 9.78 Å². The fourth-order valence-electron chi connectivity index (χ4n) is 2.34. The summed E-state index contributed by atoms with van der Waals surface area (Å²) < 4.78 is 1.52. The normalized spacial score (nSPS) is 11.0. The van der Waals surface area contributed by atoms with Crippen LogP contribution in [0.5, 0.6) is 0 Å². The summed E-state index contributed by atoms with van der Waals surface area (Å²) in [6, 6.07) is 15.1. The zero-order valence-corrected chi connectivity index (χ0v) is 14.4. The van der Waals surface area contributed by atoms with Crippen molar-refractivity contribution in [3.05, 3.63) is 71.5 Å². The van der Waals surface area contributed by atoms with E-state index in [1.54, 1.807) is 19.3 Å². The van der Waals surface area contributed by atoms with Crippen LogP contribution >= 0.6 is 0 Å². The highest BCUT2D eigenvalue weighted by molar-refractivity contribution is 6.04. The summed E-state index contributed by atoms with van der Waals surface area (Å²) in [7, 11) is 1.72. The van der Waals surface area contributed by atoms with E-state index in [-0.39, 0.29) is 5.91 Å². The van der Waals surface area contributed by atoms with Gasteiger partial charge < -0.3 is 5.32 Å². The maximum atomic E-state index is 12.4. The molecule has 0 saturated heterocycles. The van der Waals surface area contributed by atoms with Crippen LogP contribution in [0.2, 0.25) is 0 Å². The molecule has 0 fully saturated rings. The molecule has 1 N–H and O–H groups in total. The van der Waals surface area contributed by atoms with Gasteiger partial charge in [-0.1, -0.05) is 23.8 Å². The largest absolute Gasteiger partial charge is 0.319 e. The van der Waals surface area contributed by atoms with E-state index in [9.17, 15) is 4.79 Å². The SMILES string of the molecule is Cc1ccc(N=Nc2cc(C)ccc2NC(=O)c2ccnn2C)cc1. The predicted octanol–water partition coefficient (Wildman–Crippen LogP) is 4.70. The van der Waals surface area contributed by atoms with Crippen LogP contribution in [0.1, 0.15) is 21.6 Å². The first-order chi connectivity index (χ1) is 12.0. The van der Waals surface area contributed by atoms with E-state index in [0.717, 1.165) is 11.3 Å².